The van der Waals surface area contributed by atoms with Gasteiger partial charge in [0.2, 0.25) is 0 Å². The van der Waals surface area contributed by atoms with Crippen molar-refractivity contribution in [3.05, 3.63) is 246 Å². The molecule has 9 atom stereocenters. The first-order valence-corrected chi connectivity index (χ1v) is 38.7. The Morgan fingerprint density at radius 2 is 0.755 bits per heavy atom. The number of aryl methyl sites for hydroxylation is 6. The highest BCUT2D eigenvalue weighted by molar-refractivity contribution is 5.81. The smallest absolute Gasteiger partial charge is 0.307 e. The van der Waals surface area contributed by atoms with Crippen LogP contribution in [0.4, 0.5) is 4.39 Å². The molecule has 3 N–H and O–H groups in total. The summed E-state index contributed by atoms with van der Waals surface area (Å²) in [6.45, 7) is 28.9. The Hall–Kier alpha value is -10.0. The first-order valence-electron chi connectivity index (χ1n) is 38.7. The van der Waals surface area contributed by atoms with Gasteiger partial charge in [-0.25, -0.2) is 4.39 Å². The zero-order valence-electron chi connectivity index (χ0n) is 64.4. The monoisotopic (exact) mass is 1480 g/mol. The van der Waals surface area contributed by atoms with E-state index in [9.17, 15) is 34.1 Å². The Morgan fingerprint density at radius 1 is 0.391 bits per heavy atom. The summed E-state index contributed by atoms with van der Waals surface area (Å²) in [5.74, 6) is 3.29. The number of carboxylic acid groups (broad SMARTS) is 3. The van der Waals surface area contributed by atoms with E-state index in [1.807, 2.05) is 68.4 Å². The average Bonchev–Trinajstić information content (AvgIpc) is 1.56. The number of carboxylic acids is 3. The fraction of sp³-hybridized carbons (Fsp3) is 0.394. The molecule has 9 aromatic carbocycles. The standard InChI is InChI=1S/C32H34O5.C31H31FO5.C31H32O5/c1-18-10-24(37-17-32(4)15-35-16-32)11-19(2)28(18)25-7-5-6-21(20(25)3)14-36-23-8-9-26-22(12-23)13-27-29(26)30(27)31(33)34;1-17-8-23(37-16-31(3)14-35-15-31)9-18(2)27(17)19-4-7-26(32)21(10-19)13-36-22-5-6-24-20(11-22)12-25-28(24)29(25)30(33)34;1-18-9-24(36-17-31(3)15-34-16-31)10-19(2)27(18)21-6-4-5-20(11-21)14-35-23-7-8-25-22(12-23)13-26-28(25)29(26)30(32)33/h5-12,27,29-30H,13-17H2,1-4H3,(H,33,34);4-11,25,28-29H,12-16H2,1-3H3,(H,33,34);4-12,26,28-29H,13-17H2,1-3H3,(H,32,33)/t27-,29+,30+;25-,28+,29+;26-,28+,29+/m111/s1. The number of carbonyl (C=O) groups is 3. The maximum Gasteiger partial charge on any atom is 0.307 e. The number of fused-ring (bicyclic) bond motifs is 9. The molecule has 6 aliphatic carbocycles. The normalized spacial score (nSPS) is 22.6. The highest BCUT2D eigenvalue weighted by Crippen LogP contribution is 2.64. The Balaban J connectivity index is 0.000000125. The van der Waals surface area contributed by atoms with Crippen LogP contribution < -0.4 is 28.4 Å². The molecule has 0 unspecified atom stereocenters. The summed E-state index contributed by atoms with van der Waals surface area (Å²) in [4.78, 5) is 34.1. The Morgan fingerprint density at radius 3 is 1.14 bits per heavy atom. The van der Waals surface area contributed by atoms with Crippen LogP contribution in [0.25, 0.3) is 33.4 Å². The Labute approximate surface area is 642 Å². The first kappa shape index (κ1) is 74.1. The SMILES string of the molecule is Cc1cc(OCC2(C)COC2)cc(C)c1-c1ccc(F)c(COc2ccc3c(c2)C[C@H]2[C@H](C(=O)O)[C@@H]32)c1.Cc1cc(OCC2(C)COC2)cc(C)c1-c1cccc(COc2ccc3c(c2)C[C@H]2[C@H](C(=O)O)[C@@H]32)c1.Cc1cc(OCC2(C)COC2)cc(C)c1-c1cccc(COc2ccc3c(c2)C[C@H]2[C@H](C(=O)O)[C@@H]32)c1C. The number of halogens is 1. The number of hydrogen-bond acceptors (Lipinski definition) is 12. The van der Waals surface area contributed by atoms with E-state index < -0.39 is 17.9 Å². The largest absolute Gasteiger partial charge is 0.493 e. The molecule has 3 aliphatic heterocycles. The van der Waals surface area contributed by atoms with Crippen molar-refractivity contribution in [1.29, 1.82) is 0 Å². The third-order valence-electron chi connectivity index (χ3n) is 24.6. The lowest BCUT2D eigenvalue weighted by Gasteiger charge is -2.37. The van der Waals surface area contributed by atoms with E-state index in [0.717, 1.165) is 132 Å². The molecule has 0 amide bonds. The lowest BCUT2D eigenvalue weighted by Crippen LogP contribution is -2.44. The molecular weight excluding hydrogens is 1390 g/mol. The zero-order valence-corrected chi connectivity index (χ0v) is 64.4. The second-order valence-electron chi connectivity index (χ2n) is 33.9. The van der Waals surface area contributed by atoms with Crippen molar-refractivity contribution in [3.8, 4) is 67.9 Å². The highest BCUT2D eigenvalue weighted by atomic mass is 19.1. The highest BCUT2D eigenvalue weighted by Gasteiger charge is 2.61. The van der Waals surface area contributed by atoms with Crippen molar-refractivity contribution >= 4 is 17.9 Å². The molecule has 0 radical (unpaired) electrons. The van der Waals surface area contributed by atoms with E-state index in [1.54, 1.807) is 0 Å². The van der Waals surface area contributed by atoms with Crippen molar-refractivity contribution in [1.82, 2.24) is 0 Å². The summed E-state index contributed by atoms with van der Waals surface area (Å²) in [5.41, 5.74) is 25.2. The molecule has 3 saturated carbocycles. The van der Waals surface area contributed by atoms with Crippen LogP contribution in [0.15, 0.2) is 152 Å². The summed E-state index contributed by atoms with van der Waals surface area (Å²) in [7, 11) is 0. The number of rotatable bonds is 24. The minimum atomic E-state index is -0.706. The molecule has 18 rings (SSSR count). The van der Waals surface area contributed by atoms with Crippen LogP contribution in [-0.2, 0) is 67.7 Å². The van der Waals surface area contributed by atoms with Crippen molar-refractivity contribution in [2.24, 2.45) is 51.8 Å². The van der Waals surface area contributed by atoms with Crippen LogP contribution >= 0.6 is 0 Å². The van der Waals surface area contributed by atoms with E-state index >= 15 is 0 Å². The molecule has 9 aromatic rings. The van der Waals surface area contributed by atoms with Crippen LogP contribution in [0.5, 0.6) is 34.5 Å². The zero-order chi connectivity index (χ0) is 76.8. The average molecular weight is 1490 g/mol. The van der Waals surface area contributed by atoms with Gasteiger partial charge in [-0.15, -0.1) is 0 Å². The number of ether oxygens (including phenoxy) is 9. The molecule has 6 fully saturated rings. The van der Waals surface area contributed by atoms with E-state index in [1.165, 1.54) is 78.4 Å². The van der Waals surface area contributed by atoms with Gasteiger partial charge in [-0.2, -0.15) is 0 Å². The molecule has 16 heteroatoms. The fourth-order valence-corrected chi connectivity index (χ4v) is 18.4. The molecule has 15 nitrogen and oxygen atoms in total. The van der Waals surface area contributed by atoms with E-state index in [-0.39, 0.29) is 81.9 Å². The maximum atomic E-state index is 14.7. The van der Waals surface area contributed by atoms with Gasteiger partial charge < -0.3 is 58.0 Å². The molecule has 110 heavy (non-hydrogen) atoms. The Bertz CT molecular complexity index is 4960. The predicted octanol–water partition coefficient (Wildman–Crippen LogP) is 18.3. The second kappa shape index (κ2) is 29.3. The van der Waals surface area contributed by atoms with Crippen LogP contribution in [0.1, 0.15) is 128 Å². The summed E-state index contributed by atoms with van der Waals surface area (Å²) in [6.07, 6.45) is 2.45. The lowest BCUT2D eigenvalue weighted by molar-refractivity contribution is -0.140. The number of hydrogen-bond donors (Lipinski definition) is 3. The summed E-state index contributed by atoms with van der Waals surface area (Å²) >= 11 is 0. The van der Waals surface area contributed by atoms with E-state index in [4.69, 9.17) is 42.6 Å². The van der Waals surface area contributed by atoms with Gasteiger partial charge in [-0.1, -0.05) is 81.4 Å². The molecule has 0 spiro atoms. The van der Waals surface area contributed by atoms with Gasteiger partial charge in [-0.05, 0) is 293 Å². The minimum Gasteiger partial charge on any atom is -0.493 e. The van der Waals surface area contributed by atoms with Crippen LogP contribution in [0.2, 0.25) is 0 Å². The Kier molecular flexibility index (Phi) is 19.8. The lowest BCUT2D eigenvalue weighted by atomic mass is 9.89. The van der Waals surface area contributed by atoms with Gasteiger partial charge in [0.25, 0.3) is 0 Å². The van der Waals surface area contributed by atoms with Crippen LogP contribution in [0, 0.1) is 106 Å². The first-order chi connectivity index (χ1) is 52.8. The summed E-state index contributed by atoms with van der Waals surface area (Å²) < 4.78 is 67.4. The minimum absolute atomic E-state index is 0.0758. The molecule has 9 aliphatic rings. The molecular formula is C94H97FO15. The van der Waals surface area contributed by atoms with Crippen molar-refractivity contribution < 1.29 is 76.7 Å². The van der Waals surface area contributed by atoms with Crippen molar-refractivity contribution in [2.45, 2.75) is 126 Å². The third kappa shape index (κ3) is 14.9. The molecule has 0 aromatic heterocycles. The van der Waals surface area contributed by atoms with Gasteiger partial charge in [-0.3, -0.25) is 14.4 Å². The topological polar surface area (TPSA) is 195 Å². The molecule has 570 valence electrons. The summed E-state index contributed by atoms with van der Waals surface area (Å²) in [6, 6.07) is 50.8. The van der Waals surface area contributed by atoms with Gasteiger partial charge >= 0.3 is 17.9 Å². The molecule has 0 bridgehead atoms. The van der Waals surface area contributed by atoms with Gasteiger partial charge in [0.05, 0.1) is 77.2 Å². The van der Waals surface area contributed by atoms with Crippen molar-refractivity contribution in [3.63, 3.8) is 0 Å². The van der Waals surface area contributed by atoms with E-state index in [2.05, 4.69) is 146 Å². The summed E-state index contributed by atoms with van der Waals surface area (Å²) in [5, 5.41) is 28.0. The van der Waals surface area contributed by atoms with Gasteiger partial charge in [0.15, 0.2) is 0 Å². The quantitative estimate of drug-likeness (QED) is 0.0517. The van der Waals surface area contributed by atoms with E-state index in [0.29, 0.717) is 44.3 Å². The van der Waals surface area contributed by atoms with Crippen LogP contribution in [-0.4, -0.2) is 92.7 Å². The van der Waals surface area contributed by atoms with Gasteiger partial charge in [0.1, 0.15) is 60.1 Å². The predicted molar refractivity (Wildman–Crippen MR) is 418 cm³/mol. The number of benzene rings is 9. The second-order valence-corrected chi connectivity index (χ2v) is 33.9. The third-order valence-corrected chi connectivity index (χ3v) is 24.6. The fourth-order valence-electron chi connectivity index (χ4n) is 18.4. The molecule has 3 saturated heterocycles. The van der Waals surface area contributed by atoms with Crippen molar-refractivity contribution in [2.75, 3.05) is 59.5 Å². The molecule has 3 heterocycles. The maximum absolute atomic E-state index is 14.7. The number of aliphatic carboxylic acids is 3. The van der Waals surface area contributed by atoms with Crippen LogP contribution in [0.3, 0.4) is 0 Å². The van der Waals surface area contributed by atoms with Gasteiger partial charge in [0, 0.05) is 39.6 Å².